The van der Waals surface area contributed by atoms with E-state index in [0.29, 0.717) is 24.7 Å². The van der Waals surface area contributed by atoms with Crippen LogP contribution in [0.15, 0.2) is 48.5 Å². The zero-order chi connectivity index (χ0) is 18.1. The molecule has 0 unspecified atom stereocenters. The molecule has 1 N–H and O–H groups in total. The lowest BCUT2D eigenvalue weighted by molar-refractivity contribution is 0.102. The van der Waals surface area contributed by atoms with Crippen molar-refractivity contribution in [2.45, 2.75) is 33.6 Å². The van der Waals surface area contributed by atoms with E-state index >= 15 is 0 Å². The molecule has 0 fully saturated rings. The summed E-state index contributed by atoms with van der Waals surface area (Å²) in [5.41, 5.74) is 1.34. The number of carbonyl (C=O) groups is 1. The Bertz CT molecular complexity index is 648. The summed E-state index contributed by atoms with van der Waals surface area (Å²) in [6.07, 6.45) is 1.98. The van der Waals surface area contributed by atoms with Gasteiger partial charge in [-0.05, 0) is 67.3 Å². The average Bonchev–Trinajstić information content (AvgIpc) is 2.61. The highest BCUT2D eigenvalue weighted by Crippen LogP contribution is 2.18. The van der Waals surface area contributed by atoms with Gasteiger partial charge < -0.3 is 14.8 Å². The minimum Gasteiger partial charge on any atom is -0.494 e. The van der Waals surface area contributed by atoms with Crippen LogP contribution in [0.25, 0.3) is 0 Å². The Kier molecular flexibility index (Phi) is 7.33. The lowest BCUT2D eigenvalue weighted by atomic mass is 10.1. The molecule has 0 aliphatic heterocycles. The molecule has 2 aromatic carbocycles. The summed E-state index contributed by atoms with van der Waals surface area (Å²) in [5.74, 6) is 2.07. The van der Waals surface area contributed by atoms with Crippen LogP contribution in [0.4, 0.5) is 5.69 Å². The van der Waals surface area contributed by atoms with E-state index in [4.69, 9.17) is 9.47 Å². The Labute approximate surface area is 150 Å². The van der Waals surface area contributed by atoms with E-state index in [-0.39, 0.29) is 5.91 Å². The van der Waals surface area contributed by atoms with E-state index < -0.39 is 0 Å². The Balaban J connectivity index is 1.87. The first-order valence-corrected chi connectivity index (χ1v) is 8.85. The molecule has 0 spiro atoms. The van der Waals surface area contributed by atoms with Crippen molar-refractivity contribution in [2.24, 2.45) is 5.92 Å². The molecule has 0 aliphatic rings. The number of anilines is 1. The number of rotatable bonds is 9. The molecule has 4 nitrogen and oxygen atoms in total. The summed E-state index contributed by atoms with van der Waals surface area (Å²) in [6, 6.07) is 14.6. The number of benzene rings is 2. The Morgan fingerprint density at radius 2 is 1.48 bits per heavy atom. The summed E-state index contributed by atoms with van der Waals surface area (Å²) in [6.45, 7) is 7.78. The maximum Gasteiger partial charge on any atom is 0.255 e. The highest BCUT2D eigenvalue weighted by atomic mass is 16.5. The van der Waals surface area contributed by atoms with Crippen LogP contribution in [0.3, 0.4) is 0 Å². The smallest absolute Gasteiger partial charge is 0.255 e. The van der Waals surface area contributed by atoms with E-state index in [1.165, 1.54) is 0 Å². The Morgan fingerprint density at radius 3 is 2.04 bits per heavy atom. The second-order valence-corrected chi connectivity index (χ2v) is 6.38. The van der Waals surface area contributed by atoms with Crippen LogP contribution in [0.1, 0.15) is 44.0 Å². The molecule has 0 aromatic heterocycles. The van der Waals surface area contributed by atoms with E-state index in [9.17, 15) is 4.79 Å². The number of hydrogen-bond donors (Lipinski definition) is 1. The van der Waals surface area contributed by atoms with Gasteiger partial charge in [-0.3, -0.25) is 4.79 Å². The van der Waals surface area contributed by atoms with E-state index in [0.717, 1.165) is 30.0 Å². The van der Waals surface area contributed by atoms with Crippen LogP contribution in [0.5, 0.6) is 11.5 Å². The van der Waals surface area contributed by atoms with Crippen molar-refractivity contribution in [3.63, 3.8) is 0 Å². The zero-order valence-electron chi connectivity index (χ0n) is 15.2. The second-order valence-electron chi connectivity index (χ2n) is 6.38. The standard InChI is InChI=1S/C21H27NO3/c1-4-14-24-19-9-5-17(6-10-19)21(23)22-18-7-11-20(12-8-18)25-15-13-16(2)3/h5-12,16H,4,13-15H2,1-3H3,(H,22,23). The van der Waals surface area contributed by atoms with Crippen molar-refractivity contribution in [3.8, 4) is 11.5 Å². The molecular formula is C21H27NO3. The topological polar surface area (TPSA) is 47.6 Å². The Morgan fingerprint density at radius 1 is 0.920 bits per heavy atom. The van der Waals surface area contributed by atoms with Gasteiger partial charge in [0, 0.05) is 11.3 Å². The van der Waals surface area contributed by atoms with Crippen LogP contribution >= 0.6 is 0 Å². The molecule has 0 aliphatic carbocycles. The monoisotopic (exact) mass is 341 g/mol. The van der Waals surface area contributed by atoms with Crippen LogP contribution in [0, 0.1) is 5.92 Å². The summed E-state index contributed by atoms with van der Waals surface area (Å²) in [4.78, 5) is 12.3. The van der Waals surface area contributed by atoms with Gasteiger partial charge in [-0.25, -0.2) is 0 Å². The molecule has 0 heterocycles. The molecular weight excluding hydrogens is 314 g/mol. The second kappa shape index (κ2) is 9.72. The van der Waals surface area contributed by atoms with E-state index in [2.05, 4.69) is 26.1 Å². The predicted molar refractivity (Wildman–Crippen MR) is 102 cm³/mol. The summed E-state index contributed by atoms with van der Waals surface area (Å²) >= 11 is 0. The van der Waals surface area contributed by atoms with Gasteiger partial charge in [0.05, 0.1) is 13.2 Å². The number of amides is 1. The zero-order valence-corrected chi connectivity index (χ0v) is 15.2. The first kappa shape index (κ1) is 18.8. The third-order valence-corrected chi connectivity index (χ3v) is 3.67. The largest absolute Gasteiger partial charge is 0.494 e. The van der Waals surface area contributed by atoms with Crippen LogP contribution in [-0.2, 0) is 0 Å². The quantitative estimate of drug-likeness (QED) is 0.686. The molecule has 0 radical (unpaired) electrons. The molecule has 2 aromatic rings. The molecule has 0 atom stereocenters. The highest BCUT2D eigenvalue weighted by Gasteiger charge is 2.06. The minimum absolute atomic E-state index is 0.143. The predicted octanol–water partition coefficient (Wildman–Crippen LogP) is 5.15. The maximum atomic E-state index is 12.3. The fourth-order valence-electron chi connectivity index (χ4n) is 2.17. The van der Waals surface area contributed by atoms with Gasteiger partial charge in [-0.15, -0.1) is 0 Å². The number of nitrogens with one attached hydrogen (secondary N) is 1. The third-order valence-electron chi connectivity index (χ3n) is 3.67. The summed E-state index contributed by atoms with van der Waals surface area (Å²) in [5, 5.41) is 2.89. The summed E-state index contributed by atoms with van der Waals surface area (Å²) in [7, 11) is 0. The lowest BCUT2D eigenvalue weighted by Crippen LogP contribution is -2.11. The van der Waals surface area contributed by atoms with Gasteiger partial charge in [0.2, 0.25) is 0 Å². The fourth-order valence-corrected chi connectivity index (χ4v) is 2.17. The van der Waals surface area contributed by atoms with Crippen LogP contribution in [0.2, 0.25) is 0 Å². The maximum absolute atomic E-state index is 12.3. The molecule has 1 amide bonds. The van der Waals surface area contributed by atoms with Crippen molar-refractivity contribution in [3.05, 3.63) is 54.1 Å². The molecule has 134 valence electrons. The molecule has 0 saturated carbocycles. The molecule has 25 heavy (non-hydrogen) atoms. The van der Waals surface area contributed by atoms with Crippen LogP contribution < -0.4 is 14.8 Å². The van der Waals surface area contributed by atoms with Gasteiger partial charge in [-0.1, -0.05) is 20.8 Å². The van der Waals surface area contributed by atoms with Gasteiger partial charge >= 0.3 is 0 Å². The van der Waals surface area contributed by atoms with E-state index in [1.54, 1.807) is 12.1 Å². The highest BCUT2D eigenvalue weighted by molar-refractivity contribution is 6.04. The van der Waals surface area contributed by atoms with E-state index in [1.807, 2.05) is 36.4 Å². The third kappa shape index (κ3) is 6.49. The van der Waals surface area contributed by atoms with Crippen molar-refractivity contribution < 1.29 is 14.3 Å². The first-order valence-electron chi connectivity index (χ1n) is 8.85. The van der Waals surface area contributed by atoms with Crippen molar-refractivity contribution in [2.75, 3.05) is 18.5 Å². The number of hydrogen-bond acceptors (Lipinski definition) is 3. The Hall–Kier alpha value is -2.49. The summed E-state index contributed by atoms with van der Waals surface area (Å²) < 4.78 is 11.2. The van der Waals surface area contributed by atoms with Gasteiger partial charge in [0.1, 0.15) is 11.5 Å². The molecule has 4 heteroatoms. The van der Waals surface area contributed by atoms with Crippen molar-refractivity contribution >= 4 is 11.6 Å². The fraction of sp³-hybridized carbons (Fsp3) is 0.381. The average molecular weight is 341 g/mol. The minimum atomic E-state index is -0.143. The lowest BCUT2D eigenvalue weighted by Gasteiger charge is -2.10. The molecule has 0 saturated heterocycles. The molecule has 0 bridgehead atoms. The van der Waals surface area contributed by atoms with Crippen LogP contribution in [-0.4, -0.2) is 19.1 Å². The van der Waals surface area contributed by atoms with Gasteiger partial charge in [0.15, 0.2) is 0 Å². The van der Waals surface area contributed by atoms with Gasteiger partial charge in [-0.2, -0.15) is 0 Å². The first-order chi connectivity index (χ1) is 12.1. The SMILES string of the molecule is CCCOc1ccc(C(=O)Nc2ccc(OCCC(C)C)cc2)cc1. The van der Waals surface area contributed by atoms with Crippen molar-refractivity contribution in [1.82, 2.24) is 0 Å². The molecule has 2 rings (SSSR count). The van der Waals surface area contributed by atoms with Gasteiger partial charge in [0.25, 0.3) is 5.91 Å². The normalized spacial score (nSPS) is 10.6. The number of ether oxygens (including phenoxy) is 2. The number of carbonyl (C=O) groups excluding carboxylic acids is 1. The van der Waals surface area contributed by atoms with Crippen molar-refractivity contribution in [1.29, 1.82) is 0 Å².